The second-order valence-electron chi connectivity index (χ2n) is 16.9. The molecule has 0 amide bonds. The number of fused-ring (bicyclic) bond motifs is 11. The highest BCUT2D eigenvalue weighted by molar-refractivity contribution is 6.26. The van der Waals surface area contributed by atoms with Gasteiger partial charge in [-0.1, -0.05) is 171 Å². The maximum absolute atomic E-state index is 7.10. The fourth-order valence-corrected chi connectivity index (χ4v) is 10.1. The van der Waals surface area contributed by atoms with Crippen molar-refractivity contribution in [2.75, 3.05) is 0 Å². The molecule has 1 atom stereocenters. The number of para-hydroxylation sites is 1. The van der Waals surface area contributed by atoms with Crippen molar-refractivity contribution in [3.63, 3.8) is 0 Å². The van der Waals surface area contributed by atoms with Crippen molar-refractivity contribution in [2.45, 2.75) is 13.3 Å². The van der Waals surface area contributed by atoms with E-state index >= 15 is 0 Å². The lowest BCUT2D eigenvalue weighted by Crippen LogP contribution is -2.17. The molecule has 3 heterocycles. The summed E-state index contributed by atoms with van der Waals surface area (Å²) in [5.74, 6) is 0.763. The van der Waals surface area contributed by atoms with Gasteiger partial charge in [-0.25, -0.2) is 9.98 Å². The topological polar surface area (TPSA) is 42.8 Å². The third-order valence-corrected chi connectivity index (χ3v) is 13.2. The minimum absolute atomic E-state index is 0.105. The van der Waals surface area contributed by atoms with Crippen LogP contribution in [0, 0.1) is 5.92 Å². The molecule has 63 heavy (non-hydrogen) atoms. The van der Waals surface area contributed by atoms with Gasteiger partial charge in [0, 0.05) is 49.5 Å². The van der Waals surface area contributed by atoms with Crippen molar-refractivity contribution >= 4 is 104 Å². The molecule has 1 aliphatic heterocycles. The number of hydrogen-bond acceptors (Lipinski definition) is 3. The van der Waals surface area contributed by atoms with E-state index < -0.39 is 0 Å². The molecule has 0 N–H and O–H groups in total. The summed E-state index contributed by atoms with van der Waals surface area (Å²) in [6, 6.07) is 69.7. The highest BCUT2D eigenvalue weighted by Gasteiger charge is 2.26. The van der Waals surface area contributed by atoms with Crippen LogP contribution in [0.3, 0.4) is 0 Å². The summed E-state index contributed by atoms with van der Waals surface area (Å²) in [5, 5.41) is 14.0. The second kappa shape index (κ2) is 14.0. The molecule has 1 unspecified atom stereocenters. The lowest BCUT2D eigenvalue weighted by Gasteiger charge is -2.20. The number of aromatic nitrogens is 1. The van der Waals surface area contributed by atoms with E-state index in [2.05, 4.69) is 212 Å². The minimum atomic E-state index is 0.105. The van der Waals surface area contributed by atoms with E-state index in [4.69, 9.17) is 14.4 Å². The molecule has 0 aliphatic carbocycles. The number of nitrogens with zero attached hydrogens (tertiary/aromatic N) is 3. The Morgan fingerprint density at radius 2 is 1.14 bits per heavy atom. The van der Waals surface area contributed by atoms with E-state index in [1.165, 1.54) is 53.9 Å². The summed E-state index contributed by atoms with van der Waals surface area (Å²) >= 11 is 0. The van der Waals surface area contributed by atoms with Crippen molar-refractivity contribution in [3.05, 3.63) is 217 Å². The summed E-state index contributed by atoms with van der Waals surface area (Å²) in [6.45, 7) is 2.29. The monoisotopic (exact) mass is 805 g/mol. The fraction of sp³-hybridized carbons (Fsp3) is 0.0508. The maximum atomic E-state index is 7.10. The largest absolute Gasteiger partial charge is 0.454 e. The van der Waals surface area contributed by atoms with Crippen molar-refractivity contribution in [2.24, 2.45) is 15.9 Å². The summed E-state index contributed by atoms with van der Waals surface area (Å²) in [7, 11) is 0. The third-order valence-electron chi connectivity index (χ3n) is 13.2. The van der Waals surface area contributed by atoms with Crippen LogP contribution < -0.4 is 0 Å². The van der Waals surface area contributed by atoms with E-state index in [1.54, 1.807) is 0 Å². The van der Waals surface area contributed by atoms with Gasteiger partial charge in [0.1, 0.15) is 5.58 Å². The lowest BCUT2D eigenvalue weighted by atomic mass is 9.90. The van der Waals surface area contributed by atoms with Crippen molar-refractivity contribution in [3.8, 4) is 5.69 Å². The van der Waals surface area contributed by atoms with Crippen LogP contribution in [0.4, 0.5) is 0 Å². The van der Waals surface area contributed by atoms with Gasteiger partial charge in [0.05, 0.1) is 28.1 Å². The van der Waals surface area contributed by atoms with Gasteiger partial charge >= 0.3 is 0 Å². The summed E-state index contributed by atoms with van der Waals surface area (Å²) < 4.78 is 9.53. The minimum Gasteiger partial charge on any atom is -0.454 e. The van der Waals surface area contributed by atoms with Gasteiger partial charge in [0.25, 0.3) is 0 Å². The molecule has 296 valence electrons. The standard InChI is InChI=1S/C59H39N3O/c1-36-25-31-51(43-27-26-37-13-2-3-16-40(37)33-43)60-59(61-56(36)46-23-12-19-38-14-6-8-20-44(38)46)49-30-32-52(58-55(49)48-22-10-11-24-54(48)63-58)62-53-35-42-18-5-4-17-41(42)34-50(53)47-29-28-39-15-7-9-21-45(39)57(47)62/h2-24,26-36H,25H2,1H3/b51-31+,60-59?,61-56?. The molecule has 12 aromatic rings. The number of hydrogen-bond donors (Lipinski definition) is 0. The van der Waals surface area contributed by atoms with Crippen LogP contribution in [0.15, 0.2) is 215 Å². The Bertz CT molecular complexity index is 3970. The van der Waals surface area contributed by atoms with E-state index in [0.29, 0.717) is 5.84 Å². The molecule has 10 aromatic carbocycles. The number of allylic oxidation sites excluding steroid dienone is 1. The van der Waals surface area contributed by atoms with Crippen LogP contribution in [0.2, 0.25) is 0 Å². The van der Waals surface area contributed by atoms with Crippen LogP contribution in [0.25, 0.3) is 98.2 Å². The van der Waals surface area contributed by atoms with E-state index in [-0.39, 0.29) is 5.92 Å². The van der Waals surface area contributed by atoms with Gasteiger partial charge < -0.3 is 8.98 Å². The molecule has 1 aliphatic rings. The number of furan rings is 1. The van der Waals surface area contributed by atoms with E-state index in [0.717, 1.165) is 73.2 Å². The van der Waals surface area contributed by atoms with Crippen LogP contribution in [0.1, 0.15) is 30.0 Å². The Morgan fingerprint density at radius 3 is 1.97 bits per heavy atom. The first-order valence-corrected chi connectivity index (χ1v) is 21.8. The second-order valence-corrected chi connectivity index (χ2v) is 16.9. The average molecular weight is 806 g/mol. The van der Waals surface area contributed by atoms with Crippen molar-refractivity contribution < 1.29 is 4.42 Å². The zero-order chi connectivity index (χ0) is 41.6. The Labute approximate surface area is 363 Å². The molecular weight excluding hydrogens is 767 g/mol. The molecular formula is C59H39N3O. The molecule has 0 saturated heterocycles. The first-order chi connectivity index (χ1) is 31.1. The van der Waals surface area contributed by atoms with Crippen LogP contribution >= 0.6 is 0 Å². The molecule has 0 spiro atoms. The summed E-state index contributed by atoms with van der Waals surface area (Å²) in [6.07, 6.45) is 3.10. The maximum Gasteiger partial charge on any atom is 0.160 e. The van der Waals surface area contributed by atoms with Gasteiger partial charge in [0.2, 0.25) is 0 Å². The van der Waals surface area contributed by atoms with Gasteiger partial charge in [-0.05, 0) is 80.5 Å². The molecule has 4 heteroatoms. The van der Waals surface area contributed by atoms with Gasteiger partial charge in [-0.3, -0.25) is 0 Å². The number of aliphatic imine (C=N–C) groups is 2. The van der Waals surface area contributed by atoms with Crippen LogP contribution in [0.5, 0.6) is 0 Å². The molecule has 0 radical (unpaired) electrons. The zero-order valence-electron chi connectivity index (χ0n) is 34.6. The van der Waals surface area contributed by atoms with Crippen molar-refractivity contribution in [1.82, 2.24) is 4.57 Å². The molecule has 0 bridgehead atoms. The fourth-order valence-electron chi connectivity index (χ4n) is 10.1. The predicted molar refractivity (Wildman–Crippen MR) is 266 cm³/mol. The first kappa shape index (κ1) is 35.7. The van der Waals surface area contributed by atoms with Crippen LogP contribution in [-0.4, -0.2) is 16.1 Å². The smallest absolute Gasteiger partial charge is 0.160 e. The predicted octanol–water partition coefficient (Wildman–Crippen LogP) is 15.6. The Hall–Kier alpha value is -8.08. The molecule has 2 aromatic heterocycles. The highest BCUT2D eigenvalue weighted by Crippen LogP contribution is 2.43. The average Bonchev–Trinajstić information content (AvgIpc) is 3.88. The van der Waals surface area contributed by atoms with Gasteiger partial charge in [0.15, 0.2) is 11.4 Å². The quantitative estimate of drug-likeness (QED) is 0.175. The first-order valence-electron chi connectivity index (χ1n) is 21.8. The van der Waals surface area contributed by atoms with Gasteiger partial charge in [-0.2, -0.15) is 0 Å². The Kier molecular flexibility index (Phi) is 7.91. The molecule has 4 nitrogen and oxygen atoms in total. The summed E-state index contributed by atoms with van der Waals surface area (Å²) in [5.41, 5.74) is 9.92. The van der Waals surface area contributed by atoms with Crippen molar-refractivity contribution in [1.29, 1.82) is 0 Å². The number of benzene rings is 10. The number of amidine groups is 1. The Morgan fingerprint density at radius 1 is 0.492 bits per heavy atom. The lowest BCUT2D eigenvalue weighted by molar-refractivity contribution is 0.666. The van der Waals surface area contributed by atoms with E-state index in [9.17, 15) is 0 Å². The van der Waals surface area contributed by atoms with Crippen LogP contribution in [-0.2, 0) is 0 Å². The zero-order valence-corrected chi connectivity index (χ0v) is 34.6. The van der Waals surface area contributed by atoms with Gasteiger partial charge in [-0.15, -0.1) is 0 Å². The SMILES string of the molecule is CC1C/C=C(\c2ccc3ccccc3c2)N=C(c2ccc(-n3c4cc5ccccc5cc4c4ccc5ccccc5c43)c3oc4ccccc4c23)N=C1c1cccc2ccccc12. The molecule has 13 rings (SSSR count). The summed E-state index contributed by atoms with van der Waals surface area (Å²) in [4.78, 5) is 11.3. The Balaban J connectivity index is 1.13. The molecule has 0 fully saturated rings. The number of rotatable bonds is 4. The molecule has 0 saturated carbocycles. The third kappa shape index (κ3) is 5.61. The highest BCUT2D eigenvalue weighted by atomic mass is 16.3. The normalized spacial score (nSPS) is 15.6. The van der Waals surface area contributed by atoms with E-state index in [1.807, 2.05) is 0 Å².